The number of hydrogen-bond acceptors (Lipinski definition) is 4. The molecule has 0 saturated heterocycles. The average molecular weight is 367 g/mol. The first-order valence-corrected chi connectivity index (χ1v) is 9.03. The summed E-state index contributed by atoms with van der Waals surface area (Å²) in [5.41, 5.74) is -1.07. The standard InChI is InChI=1S/C17H16F3N3OS/c18-17(19,20)11-6-7-14-13(8-11)16(24)23(12-4-2-1-3-5-12)15(22-14)9-25-10-21/h6-8,12H,1-5,9H2. The molecule has 1 saturated carbocycles. The molecule has 3 rings (SSSR count). The summed E-state index contributed by atoms with van der Waals surface area (Å²) in [5.74, 6) is 0.690. The summed E-state index contributed by atoms with van der Waals surface area (Å²) in [6, 6.07) is 2.97. The van der Waals surface area contributed by atoms with E-state index in [2.05, 4.69) is 4.98 Å². The Morgan fingerprint density at radius 3 is 2.64 bits per heavy atom. The molecule has 0 atom stereocenters. The van der Waals surface area contributed by atoms with Gasteiger partial charge in [0.2, 0.25) is 0 Å². The molecule has 0 N–H and O–H groups in total. The van der Waals surface area contributed by atoms with E-state index in [1.165, 1.54) is 10.6 Å². The highest BCUT2D eigenvalue weighted by atomic mass is 32.2. The van der Waals surface area contributed by atoms with Gasteiger partial charge in [-0.25, -0.2) is 4.98 Å². The maximum atomic E-state index is 13.0. The molecule has 1 aliphatic carbocycles. The molecule has 1 aliphatic rings. The van der Waals surface area contributed by atoms with Crippen LogP contribution in [-0.4, -0.2) is 9.55 Å². The third-order valence-electron chi connectivity index (χ3n) is 4.51. The highest BCUT2D eigenvalue weighted by molar-refractivity contribution is 8.02. The summed E-state index contributed by atoms with van der Waals surface area (Å²) < 4.78 is 40.5. The summed E-state index contributed by atoms with van der Waals surface area (Å²) in [6.45, 7) is 0. The van der Waals surface area contributed by atoms with Crippen molar-refractivity contribution in [1.82, 2.24) is 9.55 Å². The van der Waals surface area contributed by atoms with Crippen LogP contribution < -0.4 is 5.56 Å². The number of nitriles is 1. The number of alkyl halides is 3. The molecule has 8 heteroatoms. The van der Waals surface area contributed by atoms with Crippen molar-refractivity contribution >= 4 is 22.7 Å². The van der Waals surface area contributed by atoms with Gasteiger partial charge in [0.1, 0.15) is 11.2 Å². The van der Waals surface area contributed by atoms with Crippen molar-refractivity contribution in [2.24, 2.45) is 0 Å². The molecule has 2 aromatic rings. The molecule has 0 amide bonds. The molecule has 0 bridgehead atoms. The van der Waals surface area contributed by atoms with E-state index in [-0.39, 0.29) is 22.7 Å². The minimum absolute atomic E-state index is 0.0221. The molecule has 25 heavy (non-hydrogen) atoms. The van der Waals surface area contributed by atoms with Gasteiger partial charge in [0.05, 0.1) is 22.2 Å². The highest BCUT2D eigenvalue weighted by Gasteiger charge is 2.31. The van der Waals surface area contributed by atoms with E-state index in [1.807, 2.05) is 5.40 Å². The van der Waals surface area contributed by atoms with Crippen molar-refractivity contribution in [3.05, 3.63) is 39.9 Å². The number of nitrogens with zero attached hydrogens (tertiary/aromatic N) is 3. The van der Waals surface area contributed by atoms with Gasteiger partial charge in [0, 0.05) is 6.04 Å². The fraction of sp³-hybridized carbons (Fsp3) is 0.471. The maximum absolute atomic E-state index is 13.0. The van der Waals surface area contributed by atoms with Crippen molar-refractivity contribution < 1.29 is 13.2 Å². The Kier molecular flexibility index (Phi) is 5.04. The molecule has 1 aromatic heterocycles. The molecule has 1 fully saturated rings. The fourth-order valence-corrected chi connectivity index (χ4v) is 3.73. The highest BCUT2D eigenvalue weighted by Crippen LogP contribution is 2.32. The molecule has 0 unspecified atom stereocenters. The minimum atomic E-state index is -4.51. The normalized spacial score (nSPS) is 16.1. The van der Waals surface area contributed by atoms with Gasteiger partial charge in [0.15, 0.2) is 0 Å². The number of benzene rings is 1. The third-order valence-corrected chi connectivity index (χ3v) is 5.04. The zero-order valence-electron chi connectivity index (χ0n) is 13.3. The van der Waals surface area contributed by atoms with Crippen LogP contribution in [0.2, 0.25) is 0 Å². The van der Waals surface area contributed by atoms with Crippen LogP contribution in [0.1, 0.15) is 49.5 Å². The lowest BCUT2D eigenvalue weighted by atomic mass is 9.95. The Balaban J connectivity index is 2.19. The zero-order valence-corrected chi connectivity index (χ0v) is 14.2. The Bertz CT molecular complexity index is 880. The summed E-state index contributed by atoms with van der Waals surface area (Å²) >= 11 is 0.967. The van der Waals surface area contributed by atoms with Crippen LogP contribution in [0.4, 0.5) is 13.2 Å². The lowest BCUT2D eigenvalue weighted by Crippen LogP contribution is -2.30. The average Bonchev–Trinajstić information content (AvgIpc) is 2.59. The van der Waals surface area contributed by atoms with E-state index in [0.717, 1.165) is 56.0 Å². The van der Waals surface area contributed by atoms with E-state index in [4.69, 9.17) is 5.26 Å². The first-order valence-electron chi connectivity index (χ1n) is 8.05. The Morgan fingerprint density at radius 2 is 2.00 bits per heavy atom. The zero-order chi connectivity index (χ0) is 18.0. The van der Waals surface area contributed by atoms with Crippen LogP contribution in [0, 0.1) is 10.7 Å². The Labute approximate surface area is 146 Å². The number of hydrogen-bond donors (Lipinski definition) is 0. The lowest BCUT2D eigenvalue weighted by molar-refractivity contribution is -0.137. The predicted molar refractivity (Wildman–Crippen MR) is 90.0 cm³/mol. The van der Waals surface area contributed by atoms with Gasteiger partial charge < -0.3 is 0 Å². The van der Waals surface area contributed by atoms with Crippen LogP contribution in [0.25, 0.3) is 10.9 Å². The lowest BCUT2D eigenvalue weighted by Gasteiger charge is -2.26. The molecule has 1 aromatic carbocycles. The van der Waals surface area contributed by atoms with Crippen LogP contribution in [0.15, 0.2) is 23.0 Å². The van der Waals surface area contributed by atoms with Crippen molar-refractivity contribution in [1.29, 1.82) is 5.26 Å². The predicted octanol–water partition coefficient (Wildman–Crippen LogP) is 4.63. The number of halogens is 3. The summed E-state index contributed by atoms with van der Waals surface area (Å²) in [7, 11) is 0. The second-order valence-corrected chi connectivity index (χ2v) is 6.86. The number of fused-ring (bicyclic) bond motifs is 1. The first-order chi connectivity index (χ1) is 11.9. The SMILES string of the molecule is N#CSCc1nc2ccc(C(F)(F)F)cc2c(=O)n1C1CCCCC1. The van der Waals surface area contributed by atoms with Crippen LogP contribution >= 0.6 is 11.8 Å². The quantitative estimate of drug-likeness (QED) is 0.742. The minimum Gasteiger partial charge on any atom is -0.292 e. The third kappa shape index (κ3) is 3.66. The van der Waals surface area contributed by atoms with Gasteiger partial charge >= 0.3 is 6.18 Å². The molecule has 4 nitrogen and oxygen atoms in total. The monoisotopic (exact) mass is 367 g/mol. The maximum Gasteiger partial charge on any atom is 0.416 e. The molecular formula is C17H16F3N3OS. The van der Waals surface area contributed by atoms with E-state index in [1.54, 1.807) is 0 Å². The molecule has 0 radical (unpaired) electrons. The smallest absolute Gasteiger partial charge is 0.292 e. The molecule has 0 spiro atoms. The van der Waals surface area contributed by atoms with Crippen LogP contribution in [0.5, 0.6) is 0 Å². The van der Waals surface area contributed by atoms with Crippen molar-refractivity contribution in [2.45, 2.75) is 50.1 Å². The van der Waals surface area contributed by atoms with Crippen molar-refractivity contribution in [3.63, 3.8) is 0 Å². The number of rotatable bonds is 3. The van der Waals surface area contributed by atoms with Gasteiger partial charge in [-0.1, -0.05) is 19.3 Å². The van der Waals surface area contributed by atoms with E-state index >= 15 is 0 Å². The van der Waals surface area contributed by atoms with Gasteiger partial charge in [-0.3, -0.25) is 9.36 Å². The topological polar surface area (TPSA) is 58.7 Å². The number of thioether (sulfide) groups is 1. The summed E-state index contributed by atoms with van der Waals surface area (Å²) in [4.78, 5) is 17.3. The van der Waals surface area contributed by atoms with Crippen LogP contribution in [0.3, 0.4) is 0 Å². The Morgan fingerprint density at radius 1 is 1.28 bits per heavy atom. The second kappa shape index (κ2) is 7.08. The summed E-state index contributed by atoms with van der Waals surface area (Å²) in [6.07, 6.45) is 0.135. The van der Waals surface area contributed by atoms with E-state index in [0.29, 0.717) is 5.82 Å². The van der Waals surface area contributed by atoms with Gasteiger partial charge in [-0.2, -0.15) is 18.4 Å². The molecule has 1 heterocycles. The van der Waals surface area contributed by atoms with Gasteiger partial charge in [-0.15, -0.1) is 0 Å². The molecular weight excluding hydrogens is 351 g/mol. The Hall–Kier alpha value is -2.01. The molecule has 132 valence electrons. The first kappa shape index (κ1) is 17.8. The van der Waals surface area contributed by atoms with Crippen molar-refractivity contribution in [3.8, 4) is 5.40 Å². The van der Waals surface area contributed by atoms with E-state index in [9.17, 15) is 18.0 Å². The van der Waals surface area contributed by atoms with E-state index < -0.39 is 17.3 Å². The van der Waals surface area contributed by atoms with Gasteiger partial charge in [0.25, 0.3) is 5.56 Å². The summed E-state index contributed by atoms with van der Waals surface area (Å²) in [5, 5.41) is 10.7. The van der Waals surface area contributed by atoms with Gasteiger partial charge in [-0.05, 0) is 42.8 Å². The molecule has 0 aliphatic heterocycles. The number of thiocyanates is 1. The van der Waals surface area contributed by atoms with Crippen molar-refractivity contribution in [2.75, 3.05) is 0 Å². The fourth-order valence-electron chi connectivity index (χ4n) is 3.34. The number of aromatic nitrogens is 2. The largest absolute Gasteiger partial charge is 0.416 e. The second-order valence-electron chi connectivity index (χ2n) is 6.10. The van der Waals surface area contributed by atoms with Crippen LogP contribution in [-0.2, 0) is 11.9 Å².